The number of unbranched alkanes of at least 4 members (excludes halogenated alkanes) is 24. The summed E-state index contributed by atoms with van der Waals surface area (Å²) in [6, 6.07) is 0. The normalized spacial score (nSPS) is 12.0. The van der Waals surface area contributed by atoms with E-state index in [2.05, 4.69) is 61.8 Å². The van der Waals surface area contributed by atoms with Gasteiger partial charge in [0.2, 0.25) is 0 Å². The highest BCUT2D eigenvalue weighted by Crippen LogP contribution is 2.13. The van der Waals surface area contributed by atoms with Crippen molar-refractivity contribution in [2.75, 3.05) is 45.9 Å². The van der Waals surface area contributed by atoms with Crippen LogP contribution in [-0.4, -0.2) is 61.6 Å². The molecule has 0 aliphatic rings. The van der Waals surface area contributed by atoms with E-state index in [1.54, 1.807) is 0 Å². The lowest BCUT2D eigenvalue weighted by Crippen LogP contribution is -2.35. The van der Waals surface area contributed by atoms with E-state index >= 15 is 0 Å². The van der Waals surface area contributed by atoms with E-state index < -0.39 is 0 Å². The Kier molecular flexibility index (Phi) is 41.3. The van der Waals surface area contributed by atoms with E-state index in [0.717, 1.165) is 45.6 Å². The van der Waals surface area contributed by atoms with Crippen molar-refractivity contribution in [1.82, 2.24) is 9.80 Å². The van der Waals surface area contributed by atoms with Gasteiger partial charge in [0, 0.05) is 19.6 Å². The molecule has 50 heavy (non-hydrogen) atoms. The maximum absolute atomic E-state index is 13.1. The summed E-state index contributed by atoms with van der Waals surface area (Å²) in [6.07, 6.45) is 48.8. The van der Waals surface area contributed by atoms with Gasteiger partial charge in [-0.2, -0.15) is 0 Å². The lowest BCUT2D eigenvalue weighted by Gasteiger charge is -2.23. The molecule has 0 N–H and O–H groups in total. The highest BCUT2D eigenvalue weighted by Gasteiger charge is 2.13. The predicted molar refractivity (Wildman–Crippen MR) is 223 cm³/mol. The van der Waals surface area contributed by atoms with E-state index in [4.69, 9.17) is 4.74 Å². The summed E-state index contributed by atoms with van der Waals surface area (Å²) < 4.78 is 5.89. The van der Waals surface area contributed by atoms with Gasteiger partial charge >= 0.3 is 5.97 Å². The third-order valence-corrected chi connectivity index (χ3v) is 10.2. The van der Waals surface area contributed by atoms with Crippen molar-refractivity contribution < 1.29 is 9.53 Å². The Hall–Kier alpha value is -1.13. The fourth-order valence-electron chi connectivity index (χ4n) is 6.78. The van der Waals surface area contributed by atoms with Crippen molar-refractivity contribution in [3.63, 3.8) is 0 Å². The summed E-state index contributed by atoms with van der Waals surface area (Å²) in [4.78, 5) is 18.0. The molecule has 296 valence electrons. The summed E-state index contributed by atoms with van der Waals surface area (Å²) in [5.41, 5.74) is 0. The van der Waals surface area contributed by atoms with Crippen molar-refractivity contribution in [2.45, 2.75) is 220 Å². The minimum absolute atomic E-state index is 0.0317. The van der Waals surface area contributed by atoms with Gasteiger partial charge in [0.05, 0.1) is 6.54 Å². The Balaban J connectivity index is 4.68. The number of hydrogen-bond donors (Lipinski definition) is 0. The molecule has 4 heteroatoms. The first-order valence-corrected chi connectivity index (χ1v) is 22.6. The van der Waals surface area contributed by atoms with Gasteiger partial charge in [-0.05, 0) is 64.5 Å². The van der Waals surface area contributed by atoms with Crippen LogP contribution in [0.25, 0.3) is 0 Å². The molecule has 0 aromatic heterocycles. The van der Waals surface area contributed by atoms with Crippen LogP contribution >= 0.6 is 0 Å². The maximum Gasteiger partial charge on any atom is 0.320 e. The molecule has 0 unspecified atom stereocenters. The van der Waals surface area contributed by atoms with Gasteiger partial charge in [-0.3, -0.25) is 14.6 Å². The molecular formula is C46H90N2O2. The SMILES string of the molecule is CCCCC/C=C\CCN(CC/C=C\CCCCC)CCOC(=O)CN(CCCCCCCCCCCC)CCCCCCCCCCCC. The molecule has 0 heterocycles. The minimum atomic E-state index is -0.0317. The Bertz CT molecular complexity index is 673. The van der Waals surface area contributed by atoms with Gasteiger partial charge in [0.25, 0.3) is 0 Å². The van der Waals surface area contributed by atoms with Crippen molar-refractivity contribution in [3.05, 3.63) is 24.3 Å². The number of carbonyl (C=O) groups excluding carboxylic acids is 1. The standard InChI is InChI=1S/C46H90N2O2/c1-5-9-13-17-21-23-25-29-33-37-41-48(42-38-34-30-26-24-22-18-14-10-6-2)45-46(49)50-44-43-47(39-35-31-27-19-15-11-7-3)40-36-32-28-20-16-12-8-4/h27-28,31-32H,5-26,29-30,33-45H2,1-4H3/b31-27-,32-28-. The van der Waals surface area contributed by atoms with E-state index in [9.17, 15) is 4.79 Å². The largest absolute Gasteiger partial charge is 0.463 e. The predicted octanol–water partition coefficient (Wildman–Crippen LogP) is 14.0. The van der Waals surface area contributed by atoms with Crippen molar-refractivity contribution in [2.24, 2.45) is 0 Å². The van der Waals surface area contributed by atoms with Gasteiger partial charge in [-0.25, -0.2) is 0 Å². The zero-order valence-corrected chi connectivity index (χ0v) is 34.7. The number of hydrogen-bond acceptors (Lipinski definition) is 4. The number of ether oxygens (including phenoxy) is 1. The van der Waals surface area contributed by atoms with Crippen molar-refractivity contribution >= 4 is 5.97 Å². The van der Waals surface area contributed by atoms with Gasteiger partial charge in [0.15, 0.2) is 0 Å². The quantitative estimate of drug-likeness (QED) is 0.0361. The Morgan fingerprint density at radius 3 is 1.12 bits per heavy atom. The minimum Gasteiger partial charge on any atom is -0.463 e. The van der Waals surface area contributed by atoms with Crippen molar-refractivity contribution in [3.8, 4) is 0 Å². The van der Waals surface area contributed by atoms with Crippen LogP contribution in [-0.2, 0) is 9.53 Å². The zero-order valence-electron chi connectivity index (χ0n) is 34.7. The van der Waals surface area contributed by atoms with E-state index in [0.29, 0.717) is 13.2 Å². The second kappa shape index (κ2) is 42.3. The van der Waals surface area contributed by atoms with Crippen LogP contribution in [0.2, 0.25) is 0 Å². The molecule has 0 radical (unpaired) electrons. The van der Waals surface area contributed by atoms with Crippen LogP contribution in [0.5, 0.6) is 0 Å². The van der Waals surface area contributed by atoms with Crippen LogP contribution in [0.4, 0.5) is 0 Å². The smallest absolute Gasteiger partial charge is 0.320 e. The summed E-state index contributed by atoms with van der Waals surface area (Å²) in [5, 5.41) is 0. The molecule has 0 aromatic rings. The lowest BCUT2D eigenvalue weighted by molar-refractivity contribution is -0.145. The van der Waals surface area contributed by atoms with E-state index in [-0.39, 0.29) is 5.97 Å². The average molecular weight is 703 g/mol. The summed E-state index contributed by atoms with van der Waals surface area (Å²) in [6.45, 7) is 15.0. The van der Waals surface area contributed by atoms with Gasteiger partial charge in [-0.1, -0.05) is 193 Å². The van der Waals surface area contributed by atoms with E-state index in [1.807, 2.05) is 0 Å². The molecule has 0 aromatic carbocycles. The number of carbonyl (C=O) groups is 1. The maximum atomic E-state index is 13.1. The first kappa shape index (κ1) is 48.9. The first-order chi connectivity index (χ1) is 24.7. The molecule has 0 atom stereocenters. The second-order valence-electron chi connectivity index (χ2n) is 15.2. The monoisotopic (exact) mass is 703 g/mol. The average Bonchev–Trinajstić information content (AvgIpc) is 3.11. The van der Waals surface area contributed by atoms with Crippen molar-refractivity contribution in [1.29, 1.82) is 0 Å². The third-order valence-electron chi connectivity index (χ3n) is 10.2. The number of rotatable bonds is 41. The molecule has 0 fully saturated rings. The van der Waals surface area contributed by atoms with E-state index in [1.165, 1.54) is 180 Å². The van der Waals surface area contributed by atoms with Gasteiger partial charge in [0.1, 0.15) is 6.61 Å². The summed E-state index contributed by atoms with van der Waals surface area (Å²) in [5.74, 6) is -0.0317. The number of allylic oxidation sites excluding steroid dienone is 2. The molecule has 0 aliphatic heterocycles. The Morgan fingerprint density at radius 1 is 0.380 bits per heavy atom. The molecule has 0 amide bonds. The molecule has 4 nitrogen and oxygen atoms in total. The summed E-state index contributed by atoms with van der Waals surface area (Å²) >= 11 is 0. The fraction of sp³-hybridized carbons (Fsp3) is 0.891. The first-order valence-electron chi connectivity index (χ1n) is 22.6. The zero-order chi connectivity index (χ0) is 36.4. The topological polar surface area (TPSA) is 32.8 Å². The number of esters is 1. The van der Waals surface area contributed by atoms with Gasteiger partial charge < -0.3 is 4.74 Å². The van der Waals surface area contributed by atoms with Crippen LogP contribution < -0.4 is 0 Å². The second-order valence-corrected chi connectivity index (χ2v) is 15.2. The Labute approximate surface area is 315 Å². The fourth-order valence-corrected chi connectivity index (χ4v) is 6.78. The third kappa shape index (κ3) is 38.1. The highest BCUT2D eigenvalue weighted by atomic mass is 16.5. The molecule has 0 aliphatic carbocycles. The van der Waals surface area contributed by atoms with Crippen LogP contribution in [0.15, 0.2) is 24.3 Å². The molecule has 0 rings (SSSR count). The van der Waals surface area contributed by atoms with Crippen LogP contribution in [0.3, 0.4) is 0 Å². The number of nitrogens with zero attached hydrogens (tertiary/aromatic N) is 2. The van der Waals surface area contributed by atoms with Crippen LogP contribution in [0.1, 0.15) is 220 Å². The molecule has 0 saturated carbocycles. The highest BCUT2D eigenvalue weighted by molar-refractivity contribution is 5.71. The van der Waals surface area contributed by atoms with Crippen LogP contribution in [0, 0.1) is 0 Å². The summed E-state index contributed by atoms with van der Waals surface area (Å²) in [7, 11) is 0. The van der Waals surface area contributed by atoms with Gasteiger partial charge in [-0.15, -0.1) is 0 Å². The molecule has 0 saturated heterocycles. The molecular weight excluding hydrogens is 613 g/mol. The Morgan fingerprint density at radius 2 is 0.720 bits per heavy atom. The molecule has 0 bridgehead atoms. The lowest BCUT2D eigenvalue weighted by atomic mass is 10.1. The molecule has 0 spiro atoms.